The van der Waals surface area contributed by atoms with Crippen molar-refractivity contribution in [3.63, 3.8) is 0 Å². The lowest BCUT2D eigenvalue weighted by Gasteiger charge is -2.12. The molecule has 0 atom stereocenters. The molecule has 6 heteroatoms. The van der Waals surface area contributed by atoms with Crippen LogP contribution >= 0.6 is 0 Å². The lowest BCUT2D eigenvalue weighted by molar-refractivity contribution is 0.0600. The van der Waals surface area contributed by atoms with Crippen molar-refractivity contribution in [2.45, 2.75) is 0 Å². The summed E-state index contributed by atoms with van der Waals surface area (Å²) >= 11 is 0. The number of anilines is 2. The number of nitrogen functional groups attached to an aromatic ring is 2. The van der Waals surface area contributed by atoms with E-state index in [0.717, 1.165) is 0 Å². The smallest absolute Gasteiger partial charge is 0.338 e. The first kappa shape index (κ1) is 13.1. The second-order valence-corrected chi connectivity index (χ2v) is 3.31. The van der Waals surface area contributed by atoms with Gasteiger partial charge in [-0.1, -0.05) is 0 Å². The molecule has 1 aromatic carbocycles. The van der Waals surface area contributed by atoms with Crippen molar-refractivity contribution in [3.8, 4) is 5.75 Å². The third-order valence-corrected chi connectivity index (χ3v) is 2.14. The van der Waals surface area contributed by atoms with Gasteiger partial charge in [0.1, 0.15) is 12.4 Å². The van der Waals surface area contributed by atoms with Gasteiger partial charge in [0.15, 0.2) is 0 Å². The number of hydrogen-bond donors (Lipinski definition) is 2. The lowest BCUT2D eigenvalue weighted by atomic mass is 10.1. The summed E-state index contributed by atoms with van der Waals surface area (Å²) in [5.41, 5.74) is 12.3. The van der Waals surface area contributed by atoms with Crippen molar-refractivity contribution in [3.05, 3.63) is 17.7 Å². The van der Waals surface area contributed by atoms with Crippen LogP contribution in [0.5, 0.6) is 5.75 Å². The van der Waals surface area contributed by atoms with Gasteiger partial charge in [-0.05, 0) is 12.1 Å². The van der Waals surface area contributed by atoms with Crippen molar-refractivity contribution in [1.29, 1.82) is 0 Å². The highest BCUT2D eigenvalue weighted by atomic mass is 16.5. The molecule has 1 aromatic rings. The average molecular weight is 240 g/mol. The van der Waals surface area contributed by atoms with E-state index in [0.29, 0.717) is 30.2 Å². The molecule has 0 aliphatic carbocycles. The standard InChI is InChI=1S/C11H16N2O4/c1-15-3-4-17-9-6-7(11(14)16-2)5-8(12)10(9)13/h5-6H,3-4,12-13H2,1-2H3. The van der Waals surface area contributed by atoms with Gasteiger partial charge in [0.25, 0.3) is 0 Å². The molecule has 94 valence electrons. The molecule has 1 rings (SSSR count). The molecule has 4 N–H and O–H groups in total. The first-order valence-corrected chi connectivity index (χ1v) is 4.99. The van der Waals surface area contributed by atoms with Gasteiger partial charge in [-0.3, -0.25) is 0 Å². The molecule has 0 aromatic heterocycles. The highest BCUT2D eigenvalue weighted by molar-refractivity contribution is 5.93. The lowest BCUT2D eigenvalue weighted by Crippen LogP contribution is -2.09. The molecular weight excluding hydrogens is 224 g/mol. The maximum atomic E-state index is 11.4. The van der Waals surface area contributed by atoms with Crippen LogP contribution in [0.3, 0.4) is 0 Å². The number of methoxy groups -OCH3 is 2. The minimum atomic E-state index is -0.492. The van der Waals surface area contributed by atoms with E-state index >= 15 is 0 Å². The largest absolute Gasteiger partial charge is 0.489 e. The predicted molar refractivity (Wildman–Crippen MR) is 64.0 cm³/mol. The Labute approximate surface area is 99.4 Å². The van der Waals surface area contributed by atoms with Gasteiger partial charge in [0.05, 0.1) is 30.7 Å². The second-order valence-electron chi connectivity index (χ2n) is 3.31. The molecule has 0 unspecified atom stereocenters. The fourth-order valence-electron chi connectivity index (χ4n) is 1.24. The Hall–Kier alpha value is -1.95. The molecule has 0 fully saturated rings. The topological polar surface area (TPSA) is 96.8 Å². The van der Waals surface area contributed by atoms with Crippen LogP contribution in [0.1, 0.15) is 10.4 Å². The van der Waals surface area contributed by atoms with Crippen LogP contribution < -0.4 is 16.2 Å². The number of carbonyl (C=O) groups is 1. The SMILES string of the molecule is COCCOc1cc(C(=O)OC)cc(N)c1N. The highest BCUT2D eigenvalue weighted by Crippen LogP contribution is 2.29. The number of carbonyl (C=O) groups excluding carboxylic acids is 1. The van der Waals surface area contributed by atoms with Crippen molar-refractivity contribution < 1.29 is 19.0 Å². The minimum Gasteiger partial charge on any atom is -0.489 e. The Kier molecular flexibility index (Phi) is 4.59. The summed E-state index contributed by atoms with van der Waals surface area (Å²) in [5, 5.41) is 0. The van der Waals surface area contributed by atoms with Crippen molar-refractivity contribution in [2.75, 3.05) is 38.9 Å². The first-order valence-electron chi connectivity index (χ1n) is 4.99. The summed E-state index contributed by atoms with van der Waals surface area (Å²) in [6.07, 6.45) is 0. The molecule has 0 aliphatic rings. The molecule has 0 aliphatic heterocycles. The van der Waals surface area contributed by atoms with Crippen molar-refractivity contribution in [2.24, 2.45) is 0 Å². The van der Waals surface area contributed by atoms with Gasteiger partial charge in [-0.2, -0.15) is 0 Å². The predicted octanol–water partition coefficient (Wildman–Crippen LogP) is 0.663. The van der Waals surface area contributed by atoms with Crippen molar-refractivity contribution >= 4 is 17.3 Å². The molecule has 6 nitrogen and oxygen atoms in total. The summed E-state index contributed by atoms with van der Waals surface area (Å²) in [4.78, 5) is 11.4. The Bertz CT molecular complexity index is 407. The third-order valence-electron chi connectivity index (χ3n) is 2.14. The van der Waals surface area contributed by atoms with Crippen LogP contribution in [0.25, 0.3) is 0 Å². The number of rotatable bonds is 5. The molecule has 0 bridgehead atoms. The molecule has 17 heavy (non-hydrogen) atoms. The van der Waals surface area contributed by atoms with Gasteiger partial charge < -0.3 is 25.7 Å². The van der Waals surface area contributed by atoms with Crippen LogP contribution in [0, 0.1) is 0 Å². The van der Waals surface area contributed by atoms with Crippen LogP contribution in [0.2, 0.25) is 0 Å². The van der Waals surface area contributed by atoms with Crippen LogP contribution in [0.15, 0.2) is 12.1 Å². The fraction of sp³-hybridized carbons (Fsp3) is 0.364. The van der Waals surface area contributed by atoms with Crippen molar-refractivity contribution in [1.82, 2.24) is 0 Å². The Morgan fingerprint density at radius 2 is 1.94 bits per heavy atom. The molecule has 0 saturated carbocycles. The fourth-order valence-corrected chi connectivity index (χ4v) is 1.24. The van der Waals surface area contributed by atoms with E-state index < -0.39 is 5.97 Å². The number of benzene rings is 1. The normalized spacial score (nSPS) is 10.0. The van der Waals surface area contributed by atoms with Gasteiger partial charge in [0, 0.05) is 7.11 Å². The summed E-state index contributed by atoms with van der Waals surface area (Å²) in [6.45, 7) is 0.743. The van der Waals surface area contributed by atoms with E-state index in [4.69, 9.17) is 20.9 Å². The van der Waals surface area contributed by atoms with E-state index in [1.165, 1.54) is 19.2 Å². The molecule has 0 radical (unpaired) electrons. The van der Waals surface area contributed by atoms with Gasteiger partial charge in [-0.15, -0.1) is 0 Å². The van der Waals surface area contributed by atoms with E-state index in [-0.39, 0.29) is 5.69 Å². The molecule has 0 spiro atoms. The molecule has 0 heterocycles. The number of hydrogen-bond acceptors (Lipinski definition) is 6. The maximum absolute atomic E-state index is 11.4. The highest BCUT2D eigenvalue weighted by Gasteiger charge is 2.12. The summed E-state index contributed by atoms with van der Waals surface area (Å²) in [7, 11) is 2.85. The quantitative estimate of drug-likeness (QED) is 0.446. The molecule has 0 saturated heterocycles. The van der Waals surface area contributed by atoms with Crippen LogP contribution in [0.4, 0.5) is 11.4 Å². The average Bonchev–Trinajstić information content (AvgIpc) is 2.33. The molecule has 0 amide bonds. The Morgan fingerprint density at radius 3 is 2.53 bits per heavy atom. The third kappa shape index (κ3) is 3.25. The second kappa shape index (κ2) is 5.95. The van der Waals surface area contributed by atoms with Gasteiger partial charge >= 0.3 is 5.97 Å². The zero-order valence-corrected chi connectivity index (χ0v) is 9.86. The van der Waals surface area contributed by atoms with Gasteiger partial charge in [-0.25, -0.2) is 4.79 Å². The number of nitrogens with two attached hydrogens (primary N) is 2. The Balaban J connectivity index is 2.94. The molecular formula is C11H16N2O4. The van der Waals surface area contributed by atoms with E-state index in [9.17, 15) is 4.79 Å². The van der Waals surface area contributed by atoms with E-state index in [1.807, 2.05) is 0 Å². The summed E-state index contributed by atoms with van der Waals surface area (Å²) in [5.74, 6) is -0.143. The Morgan fingerprint density at radius 1 is 1.24 bits per heavy atom. The van der Waals surface area contributed by atoms with E-state index in [2.05, 4.69) is 4.74 Å². The van der Waals surface area contributed by atoms with Crippen LogP contribution in [-0.4, -0.2) is 33.4 Å². The number of esters is 1. The zero-order chi connectivity index (χ0) is 12.8. The minimum absolute atomic E-state index is 0.278. The summed E-state index contributed by atoms with van der Waals surface area (Å²) < 4.78 is 14.8. The number of ether oxygens (including phenoxy) is 3. The van der Waals surface area contributed by atoms with E-state index in [1.54, 1.807) is 7.11 Å². The first-order chi connectivity index (χ1) is 8.10. The van der Waals surface area contributed by atoms with Gasteiger partial charge in [0.2, 0.25) is 0 Å². The van der Waals surface area contributed by atoms with Crippen LogP contribution in [-0.2, 0) is 9.47 Å². The summed E-state index contributed by atoms with van der Waals surface area (Å²) in [6, 6.07) is 2.94. The monoisotopic (exact) mass is 240 g/mol. The maximum Gasteiger partial charge on any atom is 0.338 e. The zero-order valence-electron chi connectivity index (χ0n) is 9.86.